The molecule has 0 unspecified atom stereocenters. The zero-order valence-electron chi connectivity index (χ0n) is 10.2. The van der Waals surface area contributed by atoms with Crippen molar-refractivity contribution in [3.05, 3.63) is 11.3 Å². The van der Waals surface area contributed by atoms with Crippen LogP contribution < -0.4 is 5.32 Å². The third-order valence-corrected chi connectivity index (χ3v) is 2.18. The number of nitriles is 2. The van der Waals surface area contributed by atoms with E-state index in [9.17, 15) is 4.79 Å². The smallest absolute Gasteiger partial charge is 0.230 e. The van der Waals surface area contributed by atoms with E-state index in [2.05, 4.69) is 10.4 Å². The van der Waals surface area contributed by atoms with Crippen LogP contribution in [0.1, 0.15) is 32.0 Å². The van der Waals surface area contributed by atoms with Crippen LogP contribution in [-0.2, 0) is 11.8 Å². The van der Waals surface area contributed by atoms with Gasteiger partial charge in [-0.25, -0.2) is 4.68 Å². The van der Waals surface area contributed by atoms with Crippen LogP contribution >= 0.6 is 0 Å². The Morgan fingerprint density at radius 2 is 1.94 bits per heavy atom. The molecule has 0 radical (unpaired) electrons. The molecule has 1 amide bonds. The molecule has 0 fully saturated rings. The summed E-state index contributed by atoms with van der Waals surface area (Å²) >= 11 is 0. The van der Waals surface area contributed by atoms with E-state index in [-0.39, 0.29) is 23.0 Å². The second kappa shape index (κ2) is 4.26. The summed E-state index contributed by atoms with van der Waals surface area (Å²) in [6.45, 7) is 5.28. The van der Waals surface area contributed by atoms with E-state index in [1.165, 1.54) is 4.68 Å². The molecule has 0 atom stereocenters. The minimum absolute atomic E-state index is 0.0132. The number of aryl methyl sites for hydroxylation is 1. The highest BCUT2D eigenvalue weighted by atomic mass is 16.2. The van der Waals surface area contributed by atoms with Gasteiger partial charge in [0.2, 0.25) is 5.91 Å². The van der Waals surface area contributed by atoms with Gasteiger partial charge in [-0.3, -0.25) is 4.79 Å². The predicted molar refractivity (Wildman–Crippen MR) is 60.7 cm³/mol. The minimum Gasteiger partial charge on any atom is -0.309 e. The van der Waals surface area contributed by atoms with Crippen molar-refractivity contribution in [3.8, 4) is 12.1 Å². The van der Waals surface area contributed by atoms with Crippen molar-refractivity contribution in [2.24, 2.45) is 12.5 Å². The number of anilines is 1. The number of rotatable bonds is 1. The lowest BCUT2D eigenvalue weighted by atomic mass is 9.96. The SMILES string of the molecule is Cn1nc(C#N)c(C#N)c1NC(=O)C(C)(C)C. The fourth-order valence-corrected chi connectivity index (χ4v) is 1.15. The number of hydrogen-bond acceptors (Lipinski definition) is 4. The molecule has 1 aromatic rings. The van der Waals surface area contributed by atoms with E-state index in [0.717, 1.165) is 0 Å². The molecule has 0 aliphatic heterocycles. The Bertz CT molecular complexity index is 536. The van der Waals surface area contributed by atoms with Crippen LogP contribution in [-0.4, -0.2) is 15.7 Å². The molecular formula is C11H13N5O. The molecule has 0 bridgehead atoms. The van der Waals surface area contributed by atoms with Crippen LogP contribution in [0.5, 0.6) is 0 Å². The van der Waals surface area contributed by atoms with Crippen molar-refractivity contribution in [3.63, 3.8) is 0 Å². The monoisotopic (exact) mass is 231 g/mol. The average molecular weight is 231 g/mol. The van der Waals surface area contributed by atoms with Crippen molar-refractivity contribution in [1.82, 2.24) is 9.78 Å². The Balaban J connectivity index is 3.18. The zero-order valence-corrected chi connectivity index (χ0v) is 10.2. The summed E-state index contributed by atoms with van der Waals surface area (Å²) < 4.78 is 1.32. The van der Waals surface area contributed by atoms with Gasteiger partial charge in [0.05, 0.1) is 0 Å². The van der Waals surface area contributed by atoms with Gasteiger partial charge in [0, 0.05) is 12.5 Å². The topological polar surface area (TPSA) is 94.5 Å². The molecule has 17 heavy (non-hydrogen) atoms. The third-order valence-electron chi connectivity index (χ3n) is 2.18. The highest BCUT2D eigenvalue weighted by molar-refractivity contribution is 5.95. The molecule has 0 spiro atoms. The number of nitrogens with one attached hydrogen (secondary N) is 1. The first-order valence-corrected chi connectivity index (χ1v) is 5.00. The van der Waals surface area contributed by atoms with Crippen LogP contribution in [0.25, 0.3) is 0 Å². The Hall–Kier alpha value is -2.34. The molecule has 88 valence electrons. The first kappa shape index (κ1) is 12.7. The molecule has 1 heterocycles. The number of nitrogens with zero attached hydrogens (tertiary/aromatic N) is 4. The largest absolute Gasteiger partial charge is 0.309 e. The molecule has 6 heteroatoms. The normalized spacial score (nSPS) is 10.5. The molecule has 6 nitrogen and oxygen atoms in total. The Morgan fingerprint density at radius 1 is 1.35 bits per heavy atom. The van der Waals surface area contributed by atoms with Gasteiger partial charge in [-0.2, -0.15) is 15.6 Å². The molecule has 0 aromatic carbocycles. The van der Waals surface area contributed by atoms with Crippen LogP contribution in [0.4, 0.5) is 5.82 Å². The zero-order chi connectivity index (χ0) is 13.2. The molecule has 0 aliphatic rings. The Labute approximate surface area is 99.5 Å². The van der Waals surface area contributed by atoms with E-state index in [1.807, 2.05) is 12.1 Å². The summed E-state index contributed by atoms with van der Waals surface area (Å²) in [6.07, 6.45) is 0. The maximum atomic E-state index is 11.8. The predicted octanol–water partition coefficient (Wildman–Crippen LogP) is 1.15. The van der Waals surface area contributed by atoms with Gasteiger partial charge in [-0.05, 0) is 0 Å². The van der Waals surface area contributed by atoms with Gasteiger partial charge in [0.1, 0.15) is 23.5 Å². The molecular weight excluding hydrogens is 218 g/mol. The van der Waals surface area contributed by atoms with Crippen LogP contribution in [0.15, 0.2) is 0 Å². The average Bonchev–Trinajstić information content (AvgIpc) is 2.53. The fraction of sp³-hybridized carbons (Fsp3) is 0.455. The molecule has 1 rings (SSSR count). The van der Waals surface area contributed by atoms with E-state index in [0.29, 0.717) is 0 Å². The van der Waals surface area contributed by atoms with Crippen LogP contribution in [0, 0.1) is 28.1 Å². The van der Waals surface area contributed by atoms with E-state index < -0.39 is 5.41 Å². The lowest BCUT2D eigenvalue weighted by molar-refractivity contribution is -0.123. The quantitative estimate of drug-likeness (QED) is 0.784. The molecule has 0 aliphatic carbocycles. The number of hydrogen-bond donors (Lipinski definition) is 1. The molecule has 0 saturated carbocycles. The maximum absolute atomic E-state index is 11.8. The van der Waals surface area contributed by atoms with Gasteiger partial charge in [0.15, 0.2) is 5.69 Å². The summed E-state index contributed by atoms with van der Waals surface area (Å²) in [7, 11) is 1.57. The summed E-state index contributed by atoms with van der Waals surface area (Å²) in [5, 5.41) is 24.2. The second-order valence-corrected chi connectivity index (χ2v) is 4.62. The van der Waals surface area contributed by atoms with Crippen molar-refractivity contribution >= 4 is 11.7 Å². The first-order chi connectivity index (χ1) is 7.81. The fourth-order valence-electron chi connectivity index (χ4n) is 1.15. The van der Waals surface area contributed by atoms with Crippen molar-refractivity contribution in [2.45, 2.75) is 20.8 Å². The van der Waals surface area contributed by atoms with Gasteiger partial charge in [-0.1, -0.05) is 20.8 Å². The molecule has 1 N–H and O–H groups in total. The summed E-state index contributed by atoms with van der Waals surface area (Å²) in [4.78, 5) is 11.8. The summed E-state index contributed by atoms with van der Waals surface area (Å²) in [6, 6.07) is 3.69. The van der Waals surface area contributed by atoms with Gasteiger partial charge in [0.25, 0.3) is 0 Å². The number of carbonyl (C=O) groups excluding carboxylic acids is 1. The maximum Gasteiger partial charge on any atom is 0.230 e. The second-order valence-electron chi connectivity index (χ2n) is 4.62. The lowest BCUT2D eigenvalue weighted by Gasteiger charge is -2.17. The summed E-state index contributed by atoms with van der Waals surface area (Å²) in [5.41, 5.74) is -0.476. The van der Waals surface area contributed by atoms with E-state index in [4.69, 9.17) is 10.5 Å². The first-order valence-electron chi connectivity index (χ1n) is 5.00. The minimum atomic E-state index is -0.580. The van der Waals surface area contributed by atoms with Crippen molar-refractivity contribution in [2.75, 3.05) is 5.32 Å². The highest BCUT2D eigenvalue weighted by Gasteiger charge is 2.25. The van der Waals surface area contributed by atoms with Gasteiger partial charge in [-0.15, -0.1) is 0 Å². The number of aromatic nitrogens is 2. The van der Waals surface area contributed by atoms with Crippen molar-refractivity contribution in [1.29, 1.82) is 10.5 Å². The molecule has 0 saturated heterocycles. The molecule has 1 aromatic heterocycles. The van der Waals surface area contributed by atoms with E-state index >= 15 is 0 Å². The summed E-state index contributed by atoms with van der Waals surface area (Å²) in [5.74, 6) is 0.0189. The third kappa shape index (κ3) is 2.43. The van der Waals surface area contributed by atoms with Gasteiger partial charge < -0.3 is 5.32 Å². The van der Waals surface area contributed by atoms with Crippen LogP contribution in [0.2, 0.25) is 0 Å². The standard InChI is InChI=1S/C11H13N5O/c1-11(2,3)10(17)14-9-7(5-12)8(6-13)15-16(9)4/h1-4H3,(H,14,17). The Morgan fingerprint density at radius 3 is 2.35 bits per heavy atom. The van der Waals surface area contributed by atoms with Gasteiger partial charge >= 0.3 is 0 Å². The number of amides is 1. The Kier molecular flexibility index (Phi) is 3.19. The van der Waals surface area contributed by atoms with E-state index in [1.54, 1.807) is 27.8 Å². The number of carbonyl (C=O) groups is 1. The lowest BCUT2D eigenvalue weighted by Crippen LogP contribution is -2.28. The van der Waals surface area contributed by atoms with Crippen molar-refractivity contribution < 1.29 is 4.79 Å². The van der Waals surface area contributed by atoms with Crippen LogP contribution in [0.3, 0.4) is 0 Å². The highest BCUT2D eigenvalue weighted by Crippen LogP contribution is 2.21.